The molecule has 0 spiro atoms. The van der Waals surface area contributed by atoms with Crippen LogP contribution in [0.4, 0.5) is 5.69 Å². The summed E-state index contributed by atoms with van der Waals surface area (Å²) in [6.45, 7) is 2.66. The van der Waals surface area contributed by atoms with Gasteiger partial charge in [0, 0.05) is 26.9 Å². The zero-order chi connectivity index (χ0) is 14.8. The van der Waals surface area contributed by atoms with E-state index in [0.717, 1.165) is 0 Å². The third-order valence-electron chi connectivity index (χ3n) is 2.61. The second kappa shape index (κ2) is 5.79. The number of hydrogen-bond acceptors (Lipinski definition) is 4. The third-order valence-corrected chi connectivity index (χ3v) is 4.99. The van der Waals surface area contributed by atoms with Crippen molar-refractivity contribution in [2.45, 2.75) is 24.3 Å². The first-order chi connectivity index (χ1) is 8.66. The highest BCUT2D eigenvalue weighted by atomic mass is 79.9. The van der Waals surface area contributed by atoms with Gasteiger partial charge in [-0.2, -0.15) is 0 Å². The average Bonchev–Trinajstić information content (AvgIpc) is 2.30. The highest BCUT2D eigenvalue weighted by Gasteiger charge is 2.35. The molecule has 8 heteroatoms. The SMILES string of the molecule is CC(C)(C(=O)O)S(=O)Cc1ccc(Br)cc1[N+](=O)[O-]. The smallest absolute Gasteiger partial charge is 0.321 e. The van der Waals surface area contributed by atoms with E-state index in [4.69, 9.17) is 5.11 Å². The number of benzene rings is 1. The maximum absolute atomic E-state index is 12.0. The van der Waals surface area contributed by atoms with Gasteiger partial charge in [0.25, 0.3) is 5.69 Å². The van der Waals surface area contributed by atoms with Gasteiger partial charge >= 0.3 is 5.97 Å². The van der Waals surface area contributed by atoms with Gasteiger partial charge in [-0.1, -0.05) is 22.0 Å². The molecule has 1 unspecified atom stereocenters. The quantitative estimate of drug-likeness (QED) is 0.650. The molecule has 1 N–H and O–H groups in total. The van der Waals surface area contributed by atoms with Gasteiger partial charge in [0.05, 0.1) is 10.7 Å². The van der Waals surface area contributed by atoms with Crippen molar-refractivity contribution in [2.24, 2.45) is 0 Å². The van der Waals surface area contributed by atoms with Crippen molar-refractivity contribution < 1.29 is 19.0 Å². The maximum atomic E-state index is 12.0. The Balaban J connectivity index is 3.10. The molecule has 0 saturated heterocycles. The monoisotopic (exact) mass is 349 g/mol. The van der Waals surface area contributed by atoms with E-state index < -0.39 is 26.4 Å². The lowest BCUT2D eigenvalue weighted by atomic mass is 10.2. The Bertz CT molecular complexity index is 558. The average molecular weight is 350 g/mol. The number of carboxylic acid groups (broad SMARTS) is 1. The van der Waals surface area contributed by atoms with Gasteiger partial charge in [-0.05, 0) is 19.9 Å². The minimum absolute atomic E-state index is 0.177. The minimum atomic E-state index is -1.76. The maximum Gasteiger partial charge on any atom is 0.321 e. The molecule has 0 amide bonds. The number of aliphatic carboxylic acids is 1. The Hall–Kier alpha value is -1.28. The van der Waals surface area contributed by atoms with Crippen LogP contribution in [0.1, 0.15) is 19.4 Å². The molecule has 0 aliphatic carbocycles. The van der Waals surface area contributed by atoms with E-state index in [1.54, 1.807) is 6.07 Å². The number of rotatable bonds is 5. The van der Waals surface area contributed by atoms with E-state index in [1.165, 1.54) is 26.0 Å². The van der Waals surface area contributed by atoms with E-state index in [1.807, 2.05) is 0 Å². The molecule has 19 heavy (non-hydrogen) atoms. The highest BCUT2D eigenvalue weighted by Crippen LogP contribution is 2.27. The van der Waals surface area contributed by atoms with Crippen LogP contribution in [0.15, 0.2) is 22.7 Å². The van der Waals surface area contributed by atoms with Crippen LogP contribution in [-0.4, -0.2) is 25.0 Å². The van der Waals surface area contributed by atoms with Gasteiger partial charge in [0.2, 0.25) is 0 Å². The molecule has 0 heterocycles. The van der Waals surface area contributed by atoms with Crippen molar-refractivity contribution in [3.8, 4) is 0 Å². The lowest BCUT2D eigenvalue weighted by molar-refractivity contribution is -0.385. The van der Waals surface area contributed by atoms with Gasteiger partial charge in [-0.15, -0.1) is 0 Å². The topological polar surface area (TPSA) is 97.5 Å². The molecule has 0 bridgehead atoms. The van der Waals surface area contributed by atoms with Crippen LogP contribution in [0.25, 0.3) is 0 Å². The summed E-state index contributed by atoms with van der Waals surface area (Å²) in [5.41, 5.74) is 0.0739. The van der Waals surface area contributed by atoms with E-state index in [9.17, 15) is 19.1 Å². The highest BCUT2D eigenvalue weighted by molar-refractivity contribution is 9.10. The number of carbonyl (C=O) groups is 1. The third kappa shape index (κ3) is 3.60. The predicted molar refractivity (Wildman–Crippen MR) is 74.4 cm³/mol. The molecule has 1 aromatic carbocycles. The molecule has 1 rings (SSSR count). The van der Waals surface area contributed by atoms with Gasteiger partial charge in [-0.25, -0.2) is 0 Å². The largest absolute Gasteiger partial charge is 0.480 e. The molecule has 0 aromatic heterocycles. The van der Waals surface area contributed by atoms with Gasteiger partial charge in [0.15, 0.2) is 0 Å². The Labute approximate surface area is 120 Å². The molecular formula is C11H12BrNO5S. The summed E-state index contributed by atoms with van der Waals surface area (Å²) in [6.07, 6.45) is 0. The van der Waals surface area contributed by atoms with Crippen molar-refractivity contribution in [2.75, 3.05) is 0 Å². The zero-order valence-corrected chi connectivity index (χ0v) is 12.7. The molecule has 0 radical (unpaired) electrons. The molecule has 104 valence electrons. The standard InChI is InChI=1S/C11H12BrNO5S/c1-11(2,10(14)15)19(18)6-7-3-4-8(12)5-9(7)13(16)17/h3-5H,6H2,1-2H3,(H,14,15). The van der Waals surface area contributed by atoms with Crippen LogP contribution in [0.5, 0.6) is 0 Å². The second-order valence-electron chi connectivity index (χ2n) is 4.34. The summed E-state index contributed by atoms with van der Waals surface area (Å²) in [7, 11) is -1.76. The number of nitrogens with zero attached hydrogens (tertiary/aromatic N) is 1. The van der Waals surface area contributed by atoms with Crippen molar-refractivity contribution in [3.05, 3.63) is 38.3 Å². The molecule has 0 aliphatic heterocycles. The summed E-state index contributed by atoms with van der Waals surface area (Å²) in [5.74, 6) is -1.38. The van der Waals surface area contributed by atoms with Gasteiger partial charge in [-0.3, -0.25) is 19.1 Å². The zero-order valence-electron chi connectivity index (χ0n) is 10.3. The lowest BCUT2D eigenvalue weighted by Crippen LogP contribution is -2.37. The number of halogens is 1. The minimum Gasteiger partial charge on any atom is -0.480 e. The van der Waals surface area contributed by atoms with Crippen LogP contribution < -0.4 is 0 Å². The fraction of sp³-hybridized carbons (Fsp3) is 0.364. The number of nitro benzene ring substituents is 1. The number of hydrogen-bond donors (Lipinski definition) is 1. The number of nitro groups is 1. The first kappa shape index (κ1) is 15.8. The molecule has 0 fully saturated rings. The molecule has 0 aliphatic rings. The molecule has 0 saturated carbocycles. The normalized spacial score (nSPS) is 13.0. The number of carboxylic acids is 1. The van der Waals surface area contributed by atoms with Crippen LogP contribution in [0, 0.1) is 10.1 Å². The summed E-state index contributed by atoms with van der Waals surface area (Å²) >= 11 is 3.12. The van der Waals surface area contributed by atoms with Gasteiger partial charge < -0.3 is 5.11 Å². The van der Waals surface area contributed by atoms with Crippen LogP contribution in [0.3, 0.4) is 0 Å². The second-order valence-corrected chi connectivity index (χ2v) is 7.25. The fourth-order valence-corrected chi connectivity index (χ4v) is 2.68. The van der Waals surface area contributed by atoms with E-state index >= 15 is 0 Å². The van der Waals surface area contributed by atoms with E-state index in [2.05, 4.69) is 15.9 Å². The fourth-order valence-electron chi connectivity index (χ4n) is 1.25. The Kier molecular flexibility index (Phi) is 4.81. The first-order valence-electron chi connectivity index (χ1n) is 5.21. The van der Waals surface area contributed by atoms with Crippen LogP contribution >= 0.6 is 15.9 Å². The van der Waals surface area contributed by atoms with E-state index in [0.29, 0.717) is 4.47 Å². The molecule has 1 atom stereocenters. The molecular weight excluding hydrogens is 338 g/mol. The van der Waals surface area contributed by atoms with Crippen LogP contribution in [-0.2, 0) is 21.3 Å². The Morgan fingerprint density at radius 1 is 1.53 bits per heavy atom. The summed E-state index contributed by atoms with van der Waals surface area (Å²) in [4.78, 5) is 21.3. The Morgan fingerprint density at radius 3 is 2.58 bits per heavy atom. The Morgan fingerprint density at radius 2 is 2.11 bits per heavy atom. The van der Waals surface area contributed by atoms with E-state index in [-0.39, 0.29) is 17.0 Å². The summed E-state index contributed by atoms with van der Waals surface area (Å²) < 4.78 is 11.1. The van der Waals surface area contributed by atoms with Crippen molar-refractivity contribution in [3.63, 3.8) is 0 Å². The lowest BCUT2D eigenvalue weighted by Gasteiger charge is -2.18. The molecule has 6 nitrogen and oxygen atoms in total. The van der Waals surface area contributed by atoms with Gasteiger partial charge in [0.1, 0.15) is 4.75 Å². The summed E-state index contributed by atoms with van der Waals surface area (Å²) in [6, 6.07) is 4.37. The molecule has 1 aromatic rings. The van der Waals surface area contributed by atoms with Crippen molar-refractivity contribution in [1.82, 2.24) is 0 Å². The van der Waals surface area contributed by atoms with Crippen LogP contribution in [0.2, 0.25) is 0 Å². The predicted octanol–water partition coefficient (Wildman–Crippen LogP) is 2.47. The van der Waals surface area contributed by atoms with Crippen molar-refractivity contribution >= 4 is 38.4 Å². The first-order valence-corrected chi connectivity index (χ1v) is 7.32. The van der Waals surface area contributed by atoms with Crippen molar-refractivity contribution in [1.29, 1.82) is 0 Å². The summed E-state index contributed by atoms with van der Waals surface area (Å²) in [5, 5.41) is 19.9.